The first kappa shape index (κ1) is 11.3. The molecule has 1 aliphatic rings. The molecule has 3 heterocycles. The maximum Gasteiger partial charge on any atom is 0.156 e. The first-order chi connectivity index (χ1) is 8.84. The van der Waals surface area contributed by atoms with Crippen LogP contribution in [-0.2, 0) is 0 Å². The number of piperidine rings is 1. The highest BCUT2D eigenvalue weighted by Crippen LogP contribution is 2.21. The Morgan fingerprint density at radius 1 is 1.39 bits per heavy atom. The largest absolute Gasteiger partial charge is 0.316 e. The number of aromatic nitrogens is 4. The summed E-state index contributed by atoms with van der Waals surface area (Å²) in [6.07, 6.45) is 9.77. The summed E-state index contributed by atoms with van der Waals surface area (Å²) >= 11 is 0. The number of hydrogen-bond donors (Lipinski definition) is 1. The van der Waals surface area contributed by atoms with Crippen molar-refractivity contribution in [3.05, 3.63) is 36.3 Å². The minimum absolute atomic E-state index is 0.482. The monoisotopic (exact) mass is 243 g/mol. The van der Waals surface area contributed by atoms with Gasteiger partial charge in [0.2, 0.25) is 0 Å². The van der Waals surface area contributed by atoms with Crippen LogP contribution in [0.5, 0.6) is 0 Å². The topological polar surface area (TPSA) is 55.6 Å². The average molecular weight is 243 g/mol. The predicted molar refractivity (Wildman–Crippen MR) is 68.7 cm³/mol. The molecule has 0 aliphatic carbocycles. The summed E-state index contributed by atoms with van der Waals surface area (Å²) in [4.78, 5) is 13.3. The van der Waals surface area contributed by atoms with Crippen LogP contribution in [0.1, 0.15) is 30.3 Å². The van der Waals surface area contributed by atoms with E-state index in [0.29, 0.717) is 5.92 Å². The Morgan fingerprint density at radius 3 is 3.06 bits per heavy atom. The Kier molecular flexibility index (Phi) is 3.06. The van der Waals surface area contributed by atoms with Gasteiger partial charge in [-0.1, -0.05) is 0 Å². The third kappa shape index (κ3) is 2.13. The number of imidazole rings is 1. The van der Waals surface area contributed by atoms with E-state index >= 15 is 0 Å². The molecule has 1 fully saturated rings. The van der Waals surface area contributed by atoms with E-state index in [4.69, 9.17) is 4.98 Å². The molecule has 1 N–H and O–H groups in total. The molecule has 1 atom stereocenters. The third-order valence-corrected chi connectivity index (χ3v) is 3.43. The molecule has 0 aromatic carbocycles. The minimum atomic E-state index is 0.482. The van der Waals surface area contributed by atoms with Gasteiger partial charge in [-0.3, -0.25) is 9.55 Å². The molecule has 5 nitrogen and oxygen atoms in total. The van der Waals surface area contributed by atoms with Crippen molar-refractivity contribution in [2.24, 2.45) is 0 Å². The van der Waals surface area contributed by atoms with Crippen molar-refractivity contribution in [2.75, 3.05) is 13.1 Å². The Morgan fingerprint density at radius 2 is 2.33 bits per heavy atom. The van der Waals surface area contributed by atoms with Gasteiger partial charge in [0.15, 0.2) is 5.82 Å². The van der Waals surface area contributed by atoms with Crippen molar-refractivity contribution in [1.29, 1.82) is 0 Å². The molecule has 0 radical (unpaired) electrons. The summed E-state index contributed by atoms with van der Waals surface area (Å²) in [6.45, 7) is 4.09. The lowest BCUT2D eigenvalue weighted by Crippen LogP contribution is -2.29. The average Bonchev–Trinajstić information content (AvgIpc) is 2.86. The molecular formula is C13H17N5. The van der Waals surface area contributed by atoms with Crippen LogP contribution in [0.4, 0.5) is 0 Å². The summed E-state index contributed by atoms with van der Waals surface area (Å²) in [5, 5.41) is 3.41. The molecular weight excluding hydrogens is 226 g/mol. The van der Waals surface area contributed by atoms with E-state index in [1.54, 1.807) is 12.4 Å². The fourth-order valence-corrected chi connectivity index (χ4v) is 2.41. The van der Waals surface area contributed by atoms with Gasteiger partial charge in [0.1, 0.15) is 5.82 Å². The highest BCUT2D eigenvalue weighted by Gasteiger charge is 2.17. The van der Waals surface area contributed by atoms with E-state index in [0.717, 1.165) is 30.4 Å². The number of aryl methyl sites for hydroxylation is 1. The Bertz CT molecular complexity index is 528. The van der Waals surface area contributed by atoms with E-state index < -0.39 is 0 Å². The fourth-order valence-electron chi connectivity index (χ4n) is 2.41. The third-order valence-electron chi connectivity index (χ3n) is 3.43. The molecule has 0 bridgehead atoms. The van der Waals surface area contributed by atoms with Crippen LogP contribution in [0.2, 0.25) is 0 Å². The Hall–Kier alpha value is -1.75. The summed E-state index contributed by atoms with van der Waals surface area (Å²) < 4.78 is 1.97. The van der Waals surface area contributed by atoms with Crippen molar-refractivity contribution in [3.8, 4) is 5.82 Å². The molecule has 0 amide bonds. The molecule has 0 unspecified atom stereocenters. The van der Waals surface area contributed by atoms with Gasteiger partial charge < -0.3 is 5.32 Å². The van der Waals surface area contributed by atoms with E-state index in [2.05, 4.69) is 15.3 Å². The highest BCUT2D eigenvalue weighted by atomic mass is 15.1. The number of hydrogen-bond acceptors (Lipinski definition) is 4. The summed E-state index contributed by atoms with van der Waals surface area (Å²) in [5.74, 6) is 2.27. The molecule has 3 rings (SSSR count). The van der Waals surface area contributed by atoms with E-state index in [1.165, 1.54) is 12.8 Å². The fraction of sp³-hybridized carbons (Fsp3) is 0.462. The van der Waals surface area contributed by atoms with E-state index in [1.807, 2.05) is 23.9 Å². The highest BCUT2D eigenvalue weighted by molar-refractivity contribution is 5.23. The van der Waals surface area contributed by atoms with Gasteiger partial charge in [-0.2, -0.15) is 0 Å². The van der Waals surface area contributed by atoms with Crippen LogP contribution in [-0.4, -0.2) is 32.6 Å². The molecule has 1 saturated heterocycles. The van der Waals surface area contributed by atoms with Gasteiger partial charge in [0, 0.05) is 31.1 Å². The Balaban J connectivity index is 1.91. The van der Waals surface area contributed by atoms with Crippen LogP contribution >= 0.6 is 0 Å². The van der Waals surface area contributed by atoms with Crippen molar-refractivity contribution in [3.63, 3.8) is 0 Å². The van der Waals surface area contributed by atoms with Gasteiger partial charge >= 0.3 is 0 Å². The zero-order chi connectivity index (χ0) is 12.4. The maximum atomic E-state index is 4.72. The van der Waals surface area contributed by atoms with Crippen molar-refractivity contribution in [2.45, 2.75) is 25.7 Å². The van der Waals surface area contributed by atoms with Crippen LogP contribution < -0.4 is 5.32 Å². The number of nitrogens with one attached hydrogen (secondary N) is 1. The van der Waals surface area contributed by atoms with Gasteiger partial charge in [-0.25, -0.2) is 9.97 Å². The summed E-state index contributed by atoms with van der Waals surface area (Å²) in [7, 11) is 0. The summed E-state index contributed by atoms with van der Waals surface area (Å²) in [5.41, 5.74) is 1.08. The molecule has 18 heavy (non-hydrogen) atoms. The standard InChI is InChI=1S/C13H17N5/c1-10-16-5-6-18(10)13-9-15-8-12(17-13)11-3-2-4-14-7-11/h5-6,8-9,11,14H,2-4,7H2,1H3/t11-/m0/s1. The van der Waals surface area contributed by atoms with Gasteiger partial charge in [0.25, 0.3) is 0 Å². The SMILES string of the molecule is Cc1nccn1-c1cncc([C@H]2CCCNC2)n1. The molecule has 94 valence electrons. The normalized spacial score (nSPS) is 19.9. The summed E-state index contributed by atoms with van der Waals surface area (Å²) in [6, 6.07) is 0. The first-order valence-electron chi connectivity index (χ1n) is 6.37. The lowest BCUT2D eigenvalue weighted by molar-refractivity contribution is 0.453. The molecule has 0 spiro atoms. The van der Waals surface area contributed by atoms with Gasteiger partial charge in [-0.05, 0) is 26.3 Å². The molecule has 0 saturated carbocycles. The lowest BCUT2D eigenvalue weighted by atomic mass is 9.96. The van der Waals surface area contributed by atoms with Crippen molar-refractivity contribution in [1.82, 2.24) is 24.8 Å². The zero-order valence-corrected chi connectivity index (χ0v) is 10.5. The second-order valence-corrected chi connectivity index (χ2v) is 4.69. The van der Waals surface area contributed by atoms with Gasteiger partial charge in [-0.15, -0.1) is 0 Å². The van der Waals surface area contributed by atoms with E-state index in [9.17, 15) is 0 Å². The quantitative estimate of drug-likeness (QED) is 0.867. The zero-order valence-electron chi connectivity index (χ0n) is 10.5. The molecule has 5 heteroatoms. The lowest BCUT2D eigenvalue weighted by Gasteiger charge is -2.22. The predicted octanol–water partition coefficient (Wildman–Crippen LogP) is 1.44. The van der Waals surface area contributed by atoms with Gasteiger partial charge in [0.05, 0.1) is 11.9 Å². The van der Waals surface area contributed by atoms with Crippen LogP contribution in [0.15, 0.2) is 24.8 Å². The maximum absolute atomic E-state index is 4.72. The van der Waals surface area contributed by atoms with Crippen LogP contribution in [0, 0.1) is 6.92 Å². The Labute approximate surface area is 106 Å². The number of nitrogens with zero attached hydrogens (tertiary/aromatic N) is 4. The smallest absolute Gasteiger partial charge is 0.156 e. The minimum Gasteiger partial charge on any atom is -0.316 e. The molecule has 2 aromatic rings. The molecule has 1 aliphatic heterocycles. The second-order valence-electron chi connectivity index (χ2n) is 4.69. The van der Waals surface area contributed by atoms with E-state index in [-0.39, 0.29) is 0 Å². The molecule has 2 aromatic heterocycles. The van der Waals surface area contributed by atoms with Crippen molar-refractivity contribution < 1.29 is 0 Å². The van der Waals surface area contributed by atoms with Crippen LogP contribution in [0.25, 0.3) is 5.82 Å². The second kappa shape index (κ2) is 4.86. The number of rotatable bonds is 2. The van der Waals surface area contributed by atoms with Crippen molar-refractivity contribution >= 4 is 0 Å². The van der Waals surface area contributed by atoms with Crippen LogP contribution in [0.3, 0.4) is 0 Å². The first-order valence-corrected chi connectivity index (χ1v) is 6.37.